The van der Waals surface area contributed by atoms with Crippen molar-refractivity contribution >= 4 is 17.5 Å². The van der Waals surface area contributed by atoms with Crippen molar-refractivity contribution in [3.63, 3.8) is 0 Å². The van der Waals surface area contributed by atoms with Gasteiger partial charge in [0.1, 0.15) is 11.6 Å². The standard InChI is InChI=1S/C25H25ClF2N4/c1-15-6-16(2-5-24(15)28)12-32-13-17-7-21(8-18(17)14-32)31-25-29-10-19(11-30-25)22-9-20(27)3-4-23(22)26/h2-6,9-11,17-18,21H,7-8,12-14H2,1H3,(H,29,30,31)/t17-,18+,21?. The number of halogens is 3. The lowest BCUT2D eigenvalue weighted by Gasteiger charge is -2.20. The van der Waals surface area contributed by atoms with Crippen molar-refractivity contribution in [1.29, 1.82) is 0 Å². The van der Waals surface area contributed by atoms with Crippen molar-refractivity contribution in [2.24, 2.45) is 11.8 Å². The Morgan fingerprint density at radius 1 is 1.03 bits per heavy atom. The molecule has 1 aliphatic heterocycles. The van der Waals surface area contributed by atoms with Crippen LogP contribution in [0.15, 0.2) is 48.8 Å². The number of anilines is 1. The summed E-state index contributed by atoms with van der Waals surface area (Å²) in [6.45, 7) is 4.82. The second-order valence-corrected chi connectivity index (χ2v) is 9.44. The van der Waals surface area contributed by atoms with Crippen LogP contribution in [0.2, 0.25) is 5.02 Å². The van der Waals surface area contributed by atoms with Gasteiger partial charge in [-0.3, -0.25) is 4.90 Å². The van der Waals surface area contributed by atoms with E-state index in [2.05, 4.69) is 20.2 Å². The Morgan fingerprint density at radius 2 is 1.75 bits per heavy atom. The van der Waals surface area contributed by atoms with Crippen LogP contribution in [-0.4, -0.2) is 34.0 Å². The SMILES string of the molecule is Cc1cc(CN2C[C@H]3CC(Nc4ncc(-c5cc(F)ccc5Cl)cn4)C[C@H]3C2)ccc1F. The fourth-order valence-electron chi connectivity index (χ4n) is 5.15. The van der Waals surface area contributed by atoms with Crippen LogP contribution in [-0.2, 0) is 6.54 Å². The topological polar surface area (TPSA) is 41.0 Å². The molecule has 0 bridgehead atoms. The van der Waals surface area contributed by atoms with Gasteiger partial charge in [0.2, 0.25) is 5.95 Å². The fourth-order valence-corrected chi connectivity index (χ4v) is 5.38. The number of aryl methyl sites for hydroxylation is 1. The maximum Gasteiger partial charge on any atom is 0.222 e. The van der Waals surface area contributed by atoms with E-state index in [9.17, 15) is 8.78 Å². The average molecular weight is 455 g/mol. The maximum absolute atomic E-state index is 13.5. The van der Waals surface area contributed by atoms with E-state index in [0.717, 1.165) is 32.5 Å². The van der Waals surface area contributed by atoms with Crippen molar-refractivity contribution in [1.82, 2.24) is 14.9 Å². The molecule has 1 aromatic heterocycles. The van der Waals surface area contributed by atoms with Crippen LogP contribution < -0.4 is 5.32 Å². The molecule has 0 radical (unpaired) electrons. The largest absolute Gasteiger partial charge is 0.351 e. The van der Waals surface area contributed by atoms with Gasteiger partial charge in [0.15, 0.2) is 0 Å². The van der Waals surface area contributed by atoms with E-state index in [1.807, 2.05) is 19.1 Å². The van der Waals surface area contributed by atoms with Gasteiger partial charge in [0, 0.05) is 54.2 Å². The van der Waals surface area contributed by atoms with Gasteiger partial charge >= 0.3 is 0 Å². The van der Waals surface area contributed by atoms with E-state index in [1.165, 1.54) is 23.8 Å². The number of hydrogen-bond acceptors (Lipinski definition) is 4. The van der Waals surface area contributed by atoms with Crippen molar-refractivity contribution in [2.45, 2.75) is 32.4 Å². The summed E-state index contributed by atoms with van der Waals surface area (Å²) < 4.78 is 27.1. The Kier molecular flexibility index (Phi) is 5.82. The molecule has 2 heterocycles. The molecule has 1 saturated carbocycles. The number of fused-ring (bicyclic) bond motifs is 1. The van der Waals surface area contributed by atoms with Gasteiger partial charge in [-0.15, -0.1) is 0 Å². The number of benzene rings is 2. The summed E-state index contributed by atoms with van der Waals surface area (Å²) in [5.41, 5.74) is 3.15. The summed E-state index contributed by atoms with van der Waals surface area (Å²) in [4.78, 5) is 11.3. The highest BCUT2D eigenvalue weighted by Crippen LogP contribution is 2.39. The molecule has 7 heteroatoms. The van der Waals surface area contributed by atoms with Gasteiger partial charge in [-0.05, 0) is 67.0 Å². The second kappa shape index (κ2) is 8.75. The second-order valence-electron chi connectivity index (χ2n) is 9.03. The number of nitrogens with zero attached hydrogens (tertiary/aromatic N) is 3. The summed E-state index contributed by atoms with van der Waals surface area (Å²) in [7, 11) is 0. The van der Waals surface area contributed by atoms with E-state index in [1.54, 1.807) is 18.5 Å². The molecule has 1 unspecified atom stereocenters. The Labute approximate surface area is 191 Å². The molecule has 3 aromatic rings. The number of likely N-dealkylation sites (tertiary alicyclic amines) is 1. The molecular formula is C25H25ClF2N4. The van der Waals surface area contributed by atoms with E-state index < -0.39 is 0 Å². The minimum Gasteiger partial charge on any atom is -0.351 e. The molecule has 2 fully saturated rings. The first-order valence-corrected chi connectivity index (χ1v) is 11.3. The predicted octanol–water partition coefficient (Wildman–Crippen LogP) is 5.71. The molecule has 0 spiro atoms. The van der Waals surface area contributed by atoms with Crippen LogP contribution in [0.25, 0.3) is 11.1 Å². The smallest absolute Gasteiger partial charge is 0.222 e. The summed E-state index contributed by atoms with van der Waals surface area (Å²) in [6.07, 6.45) is 5.53. The van der Waals surface area contributed by atoms with Gasteiger partial charge in [-0.2, -0.15) is 0 Å². The highest BCUT2D eigenvalue weighted by molar-refractivity contribution is 6.33. The molecule has 5 rings (SSSR count). The van der Waals surface area contributed by atoms with E-state index >= 15 is 0 Å². The van der Waals surface area contributed by atoms with Gasteiger partial charge < -0.3 is 5.32 Å². The highest BCUT2D eigenvalue weighted by atomic mass is 35.5. The van der Waals surface area contributed by atoms with Crippen LogP contribution in [0.4, 0.5) is 14.7 Å². The summed E-state index contributed by atoms with van der Waals surface area (Å²) in [6, 6.07) is 10.0. The summed E-state index contributed by atoms with van der Waals surface area (Å²) in [5, 5.41) is 3.93. The predicted molar refractivity (Wildman–Crippen MR) is 122 cm³/mol. The van der Waals surface area contributed by atoms with Crippen LogP contribution in [0.1, 0.15) is 24.0 Å². The Balaban J connectivity index is 1.16. The van der Waals surface area contributed by atoms with Gasteiger partial charge in [-0.25, -0.2) is 18.7 Å². The van der Waals surface area contributed by atoms with E-state index in [0.29, 0.717) is 45.5 Å². The molecule has 2 aromatic carbocycles. The lowest BCUT2D eigenvalue weighted by atomic mass is 10.0. The minimum atomic E-state index is -0.340. The van der Waals surface area contributed by atoms with Gasteiger partial charge in [0.25, 0.3) is 0 Å². The zero-order chi connectivity index (χ0) is 22.2. The Bertz CT molecular complexity index is 1110. The number of hydrogen-bond donors (Lipinski definition) is 1. The molecule has 1 aliphatic carbocycles. The molecule has 4 nitrogen and oxygen atoms in total. The molecule has 2 aliphatic rings. The van der Waals surface area contributed by atoms with Crippen molar-refractivity contribution < 1.29 is 8.78 Å². The molecule has 3 atom stereocenters. The highest BCUT2D eigenvalue weighted by Gasteiger charge is 2.40. The maximum atomic E-state index is 13.5. The zero-order valence-electron chi connectivity index (χ0n) is 17.9. The lowest BCUT2D eigenvalue weighted by molar-refractivity contribution is 0.301. The van der Waals surface area contributed by atoms with Crippen LogP contribution in [0.5, 0.6) is 0 Å². The average Bonchev–Trinajstić information content (AvgIpc) is 3.31. The fraction of sp³-hybridized carbons (Fsp3) is 0.360. The molecular weight excluding hydrogens is 430 g/mol. The minimum absolute atomic E-state index is 0.143. The Morgan fingerprint density at radius 3 is 2.44 bits per heavy atom. The molecule has 32 heavy (non-hydrogen) atoms. The van der Waals surface area contributed by atoms with Crippen molar-refractivity contribution in [3.05, 3.63) is 76.6 Å². The first-order chi connectivity index (χ1) is 15.4. The van der Waals surface area contributed by atoms with Gasteiger partial charge in [0.05, 0.1) is 0 Å². The first kappa shape index (κ1) is 21.3. The molecule has 1 N–H and O–H groups in total. The monoisotopic (exact) mass is 454 g/mol. The quantitative estimate of drug-likeness (QED) is 0.536. The van der Waals surface area contributed by atoms with Crippen molar-refractivity contribution in [3.8, 4) is 11.1 Å². The van der Waals surface area contributed by atoms with E-state index in [4.69, 9.17) is 11.6 Å². The third-order valence-corrected chi connectivity index (χ3v) is 7.01. The van der Waals surface area contributed by atoms with E-state index in [-0.39, 0.29) is 11.6 Å². The Hall–Kier alpha value is -2.57. The third-order valence-electron chi connectivity index (χ3n) is 6.68. The lowest BCUT2D eigenvalue weighted by Crippen LogP contribution is -2.25. The zero-order valence-corrected chi connectivity index (χ0v) is 18.6. The molecule has 0 amide bonds. The number of aromatic nitrogens is 2. The van der Waals surface area contributed by atoms with Crippen LogP contribution in [0.3, 0.4) is 0 Å². The normalized spacial score (nSPS) is 22.8. The van der Waals surface area contributed by atoms with Crippen LogP contribution >= 0.6 is 11.6 Å². The number of nitrogens with one attached hydrogen (secondary N) is 1. The molecule has 166 valence electrons. The van der Waals surface area contributed by atoms with Gasteiger partial charge in [-0.1, -0.05) is 23.7 Å². The first-order valence-electron chi connectivity index (χ1n) is 11.0. The summed E-state index contributed by atoms with van der Waals surface area (Å²) >= 11 is 6.18. The molecule has 1 saturated heterocycles. The summed E-state index contributed by atoms with van der Waals surface area (Å²) in [5.74, 6) is 1.41. The number of rotatable bonds is 5. The third kappa shape index (κ3) is 4.48. The van der Waals surface area contributed by atoms with Crippen LogP contribution in [0, 0.1) is 30.4 Å². The van der Waals surface area contributed by atoms with Crippen molar-refractivity contribution in [2.75, 3.05) is 18.4 Å².